The number of rotatable bonds is 3. The zero-order valence-corrected chi connectivity index (χ0v) is 13.3. The fraction of sp³-hybridized carbons (Fsp3) is 0.647. The zero-order chi connectivity index (χ0) is 15.4. The smallest absolute Gasteiger partial charge is 0.255 e. The van der Waals surface area contributed by atoms with Gasteiger partial charge >= 0.3 is 0 Å². The number of carbonyl (C=O) groups is 1. The Hall–Kier alpha value is -1.62. The third kappa shape index (κ3) is 3.40. The average molecular weight is 303 g/mol. The van der Waals surface area contributed by atoms with E-state index >= 15 is 0 Å². The molecular weight excluding hydrogens is 278 g/mol. The summed E-state index contributed by atoms with van der Waals surface area (Å²) in [7, 11) is 1.92. The molecule has 2 aliphatic rings. The van der Waals surface area contributed by atoms with Crippen LogP contribution in [0.5, 0.6) is 0 Å². The molecular formula is C17H25N3O2. The zero-order valence-electron chi connectivity index (χ0n) is 13.3. The Bertz CT molecular complexity index is 491. The molecule has 1 aromatic heterocycles. The second-order valence-corrected chi connectivity index (χ2v) is 6.21. The van der Waals surface area contributed by atoms with Crippen molar-refractivity contribution in [1.29, 1.82) is 0 Å². The standard InChI is InChI=1S/C17H25N3O2/c1-19(15-5-3-2-4-6-15)17(21)14-7-8-16(18-13-14)20-9-11-22-12-10-20/h7-8,13,15H,2-6,9-12H2,1H3. The van der Waals surface area contributed by atoms with E-state index in [1.807, 2.05) is 24.1 Å². The van der Waals surface area contributed by atoms with E-state index in [0.717, 1.165) is 45.0 Å². The van der Waals surface area contributed by atoms with Crippen molar-refractivity contribution in [3.05, 3.63) is 23.9 Å². The fourth-order valence-corrected chi connectivity index (χ4v) is 3.33. The number of hydrogen-bond acceptors (Lipinski definition) is 4. The monoisotopic (exact) mass is 303 g/mol. The van der Waals surface area contributed by atoms with Gasteiger partial charge in [-0.3, -0.25) is 4.79 Å². The molecule has 1 aliphatic carbocycles. The van der Waals surface area contributed by atoms with Crippen LogP contribution in [-0.2, 0) is 4.74 Å². The molecule has 0 aromatic carbocycles. The van der Waals surface area contributed by atoms with Gasteiger partial charge in [0, 0.05) is 32.4 Å². The summed E-state index contributed by atoms with van der Waals surface area (Å²) in [5, 5.41) is 0. The normalized spacial score (nSPS) is 20.0. The lowest BCUT2D eigenvalue weighted by Gasteiger charge is -2.31. The highest BCUT2D eigenvalue weighted by molar-refractivity contribution is 5.94. The van der Waals surface area contributed by atoms with E-state index in [2.05, 4.69) is 9.88 Å². The maximum Gasteiger partial charge on any atom is 0.255 e. The SMILES string of the molecule is CN(C(=O)c1ccc(N2CCOCC2)nc1)C1CCCCC1. The van der Waals surface area contributed by atoms with Crippen LogP contribution in [0.25, 0.3) is 0 Å². The molecule has 3 rings (SSSR count). The maximum absolute atomic E-state index is 12.6. The van der Waals surface area contributed by atoms with Crippen LogP contribution in [-0.4, -0.2) is 55.2 Å². The average Bonchev–Trinajstić information content (AvgIpc) is 2.62. The second kappa shape index (κ2) is 7.09. The van der Waals surface area contributed by atoms with Crippen LogP contribution in [0.4, 0.5) is 5.82 Å². The number of ether oxygens (including phenoxy) is 1. The van der Waals surface area contributed by atoms with E-state index in [0.29, 0.717) is 11.6 Å². The lowest BCUT2D eigenvalue weighted by Crippen LogP contribution is -2.38. The molecule has 2 fully saturated rings. The van der Waals surface area contributed by atoms with Gasteiger partial charge in [0.05, 0.1) is 18.8 Å². The van der Waals surface area contributed by atoms with Gasteiger partial charge in [-0.1, -0.05) is 19.3 Å². The topological polar surface area (TPSA) is 45.7 Å². The lowest BCUT2D eigenvalue weighted by molar-refractivity contribution is 0.0696. The summed E-state index contributed by atoms with van der Waals surface area (Å²) in [4.78, 5) is 21.2. The Kier molecular flexibility index (Phi) is 4.93. The Morgan fingerprint density at radius 2 is 1.95 bits per heavy atom. The molecule has 2 heterocycles. The minimum Gasteiger partial charge on any atom is -0.378 e. The molecule has 22 heavy (non-hydrogen) atoms. The van der Waals surface area contributed by atoms with Crippen LogP contribution in [0.15, 0.2) is 18.3 Å². The second-order valence-electron chi connectivity index (χ2n) is 6.21. The van der Waals surface area contributed by atoms with Gasteiger partial charge in [-0.25, -0.2) is 4.98 Å². The van der Waals surface area contributed by atoms with Crippen molar-refractivity contribution in [1.82, 2.24) is 9.88 Å². The predicted octanol–water partition coefficient (Wildman–Crippen LogP) is 2.32. The van der Waals surface area contributed by atoms with E-state index in [-0.39, 0.29) is 5.91 Å². The van der Waals surface area contributed by atoms with E-state index in [1.54, 1.807) is 6.20 Å². The molecule has 1 aliphatic heterocycles. The minimum atomic E-state index is 0.0907. The molecule has 120 valence electrons. The Morgan fingerprint density at radius 3 is 2.59 bits per heavy atom. The van der Waals surface area contributed by atoms with Crippen LogP contribution < -0.4 is 4.90 Å². The molecule has 0 bridgehead atoms. The van der Waals surface area contributed by atoms with Crippen molar-refractivity contribution in [3.63, 3.8) is 0 Å². The number of pyridine rings is 1. The summed E-state index contributed by atoms with van der Waals surface area (Å²) in [6, 6.07) is 4.24. The van der Waals surface area contributed by atoms with Gasteiger partial charge in [-0.2, -0.15) is 0 Å². The third-order valence-electron chi connectivity index (χ3n) is 4.77. The van der Waals surface area contributed by atoms with Crippen molar-refractivity contribution in [2.45, 2.75) is 38.1 Å². The number of anilines is 1. The van der Waals surface area contributed by atoms with Crippen molar-refractivity contribution in [2.24, 2.45) is 0 Å². The van der Waals surface area contributed by atoms with Crippen LogP contribution >= 0.6 is 0 Å². The van der Waals surface area contributed by atoms with Gasteiger partial charge in [0.25, 0.3) is 5.91 Å². The van der Waals surface area contributed by atoms with Gasteiger partial charge < -0.3 is 14.5 Å². The molecule has 0 radical (unpaired) electrons. The Morgan fingerprint density at radius 1 is 1.23 bits per heavy atom. The highest BCUT2D eigenvalue weighted by Gasteiger charge is 2.23. The largest absolute Gasteiger partial charge is 0.378 e. The highest BCUT2D eigenvalue weighted by atomic mass is 16.5. The quantitative estimate of drug-likeness (QED) is 0.860. The molecule has 5 heteroatoms. The predicted molar refractivity (Wildman–Crippen MR) is 86.2 cm³/mol. The third-order valence-corrected chi connectivity index (χ3v) is 4.77. The molecule has 0 unspecified atom stereocenters. The first kappa shape index (κ1) is 15.3. The van der Waals surface area contributed by atoms with Crippen LogP contribution in [0.3, 0.4) is 0 Å². The maximum atomic E-state index is 12.6. The van der Waals surface area contributed by atoms with Gasteiger partial charge in [0.2, 0.25) is 0 Å². The summed E-state index contributed by atoms with van der Waals surface area (Å²) >= 11 is 0. The lowest BCUT2D eigenvalue weighted by atomic mass is 9.94. The van der Waals surface area contributed by atoms with Gasteiger partial charge in [-0.15, -0.1) is 0 Å². The Balaban J connectivity index is 1.64. The summed E-state index contributed by atoms with van der Waals surface area (Å²) in [6.07, 6.45) is 7.73. The number of carbonyl (C=O) groups excluding carboxylic acids is 1. The van der Waals surface area contributed by atoms with Gasteiger partial charge in [-0.05, 0) is 25.0 Å². The molecule has 1 saturated carbocycles. The fourth-order valence-electron chi connectivity index (χ4n) is 3.33. The number of hydrogen-bond donors (Lipinski definition) is 0. The Labute approximate surface area is 132 Å². The van der Waals surface area contributed by atoms with Crippen LogP contribution in [0.2, 0.25) is 0 Å². The first-order chi connectivity index (χ1) is 10.8. The molecule has 1 saturated heterocycles. The van der Waals surface area contributed by atoms with Crippen molar-refractivity contribution >= 4 is 11.7 Å². The van der Waals surface area contributed by atoms with E-state index in [4.69, 9.17) is 4.74 Å². The van der Waals surface area contributed by atoms with Gasteiger partial charge in [0.1, 0.15) is 5.82 Å². The van der Waals surface area contributed by atoms with Crippen LogP contribution in [0.1, 0.15) is 42.5 Å². The number of nitrogens with zero attached hydrogens (tertiary/aromatic N) is 3. The van der Waals surface area contributed by atoms with Crippen molar-refractivity contribution < 1.29 is 9.53 Å². The van der Waals surface area contributed by atoms with E-state index in [9.17, 15) is 4.79 Å². The van der Waals surface area contributed by atoms with Crippen molar-refractivity contribution in [2.75, 3.05) is 38.3 Å². The molecule has 1 aromatic rings. The van der Waals surface area contributed by atoms with Gasteiger partial charge in [0.15, 0.2) is 0 Å². The van der Waals surface area contributed by atoms with Crippen molar-refractivity contribution in [3.8, 4) is 0 Å². The summed E-state index contributed by atoms with van der Waals surface area (Å²) < 4.78 is 5.35. The summed E-state index contributed by atoms with van der Waals surface area (Å²) in [6.45, 7) is 3.21. The molecule has 0 atom stereocenters. The van der Waals surface area contributed by atoms with Crippen LogP contribution in [0, 0.1) is 0 Å². The number of morpholine rings is 1. The first-order valence-corrected chi connectivity index (χ1v) is 8.31. The first-order valence-electron chi connectivity index (χ1n) is 8.31. The number of aromatic nitrogens is 1. The van der Waals surface area contributed by atoms with E-state index in [1.165, 1.54) is 19.3 Å². The van der Waals surface area contributed by atoms with E-state index < -0.39 is 0 Å². The summed E-state index contributed by atoms with van der Waals surface area (Å²) in [5.74, 6) is 1.02. The molecule has 5 nitrogen and oxygen atoms in total. The molecule has 0 spiro atoms. The molecule has 1 amide bonds. The minimum absolute atomic E-state index is 0.0907. The molecule has 0 N–H and O–H groups in total. The number of amides is 1. The highest BCUT2D eigenvalue weighted by Crippen LogP contribution is 2.23. The summed E-state index contributed by atoms with van der Waals surface area (Å²) in [5.41, 5.74) is 0.685.